The quantitative estimate of drug-likeness (QED) is 0.508. The van der Waals surface area contributed by atoms with Crippen LogP contribution in [0.4, 0.5) is 0 Å². The minimum Gasteiger partial charge on any atom is -0.508 e. The molecule has 0 aromatic heterocycles. The minimum atomic E-state index is -0.981. The molecule has 150 valence electrons. The number of carboxylic acid groups (broad SMARTS) is 1. The molecule has 0 aliphatic heterocycles. The van der Waals surface area contributed by atoms with Crippen LogP contribution < -0.4 is 0 Å². The van der Waals surface area contributed by atoms with Crippen LogP contribution in [0.15, 0.2) is 72.8 Å². The van der Waals surface area contributed by atoms with E-state index in [-0.39, 0.29) is 11.5 Å². The summed E-state index contributed by atoms with van der Waals surface area (Å²) in [5.74, 6) is -0.503. The number of fused-ring (bicyclic) bond motifs is 1. The molecular formula is C26H22O4. The van der Waals surface area contributed by atoms with E-state index >= 15 is 0 Å². The standard InChI is InChI=1S/C26H22O4/c27-21-5-1-3-19(15-21)23-6-2-4-20-16-22(28)12-13-24(20)26(23)18-10-7-17(8-11-18)9-14-25(29)30/h1,3,5,7-16,27-28H,2,4,6H2,(H,29,30)/b14-9+. The van der Waals surface area contributed by atoms with Crippen molar-refractivity contribution >= 4 is 23.2 Å². The number of hydrogen-bond acceptors (Lipinski definition) is 3. The van der Waals surface area contributed by atoms with Gasteiger partial charge >= 0.3 is 5.97 Å². The van der Waals surface area contributed by atoms with Gasteiger partial charge in [-0.1, -0.05) is 42.5 Å². The number of aryl methyl sites for hydroxylation is 1. The molecule has 3 aromatic carbocycles. The number of carboxylic acids is 1. The van der Waals surface area contributed by atoms with Gasteiger partial charge in [0, 0.05) is 6.08 Å². The molecule has 4 nitrogen and oxygen atoms in total. The lowest BCUT2D eigenvalue weighted by atomic mass is 9.87. The van der Waals surface area contributed by atoms with Gasteiger partial charge in [-0.05, 0) is 88.6 Å². The van der Waals surface area contributed by atoms with Gasteiger partial charge in [-0.15, -0.1) is 0 Å². The Morgan fingerprint density at radius 2 is 1.60 bits per heavy atom. The molecule has 3 aromatic rings. The third-order valence-electron chi connectivity index (χ3n) is 5.35. The highest BCUT2D eigenvalue weighted by Gasteiger charge is 2.20. The van der Waals surface area contributed by atoms with Gasteiger partial charge in [0.05, 0.1) is 0 Å². The zero-order valence-electron chi connectivity index (χ0n) is 16.4. The second kappa shape index (κ2) is 8.29. The van der Waals surface area contributed by atoms with E-state index in [9.17, 15) is 15.0 Å². The fourth-order valence-electron chi connectivity index (χ4n) is 4.01. The summed E-state index contributed by atoms with van der Waals surface area (Å²) in [6.45, 7) is 0. The molecule has 4 rings (SSSR count). The Balaban J connectivity index is 1.91. The van der Waals surface area contributed by atoms with Gasteiger partial charge in [0.2, 0.25) is 0 Å². The Morgan fingerprint density at radius 3 is 2.33 bits per heavy atom. The number of aromatic hydroxyl groups is 2. The molecule has 0 saturated carbocycles. The number of aliphatic carboxylic acids is 1. The number of hydrogen-bond donors (Lipinski definition) is 3. The summed E-state index contributed by atoms with van der Waals surface area (Å²) in [6.07, 6.45) is 5.32. The number of benzene rings is 3. The lowest BCUT2D eigenvalue weighted by molar-refractivity contribution is -0.131. The maximum Gasteiger partial charge on any atom is 0.328 e. The van der Waals surface area contributed by atoms with E-state index in [1.54, 1.807) is 24.3 Å². The topological polar surface area (TPSA) is 77.8 Å². The fraction of sp³-hybridized carbons (Fsp3) is 0.115. The minimum absolute atomic E-state index is 0.226. The van der Waals surface area contributed by atoms with E-state index in [2.05, 4.69) is 0 Å². The third-order valence-corrected chi connectivity index (χ3v) is 5.35. The number of carbonyl (C=O) groups is 1. The number of rotatable bonds is 4. The van der Waals surface area contributed by atoms with Crippen LogP contribution in [0.1, 0.15) is 40.7 Å². The summed E-state index contributed by atoms with van der Waals surface area (Å²) in [7, 11) is 0. The molecule has 3 N–H and O–H groups in total. The Bertz CT molecular complexity index is 1150. The van der Waals surface area contributed by atoms with Crippen molar-refractivity contribution in [3.63, 3.8) is 0 Å². The van der Waals surface area contributed by atoms with Crippen molar-refractivity contribution in [2.75, 3.05) is 0 Å². The lowest BCUT2D eigenvalue weighted by Crippen LogP contribution is -1.96. The van der Waals surface area contributed by atoms with Crippen molar-refractivity contribution in [2.24, 2.45) is 0 Å². The van der Waals surface area contributed by atoms with Gasteiger partial charge in [0.1, 0.15) is 11.5 Å². The maximum absolute atomic E-state index is 10.8. The Hall–Kier alpha value is -3.79. The highest BCUT2D eigenvalue weighted by atomic mass is 16.4. The van der Waals surface area contributed by atoms with Gasteiger partial charge in [-0.2, -0.15) is 0 Å². The lowest BCUT2D eigenvalue weighted by Gasteiger charge is -2.17. The van der Waals surface area contributed by atoms with Crippen LogP contribution in [0.2, 0.25) is 0 Å². The van der Waals surface area contributed by atoms with E-state index in [4.69, 9.17) is 5.11 Å². The molecular weight excluding hydrogens is 376 g/mol. The average molecular weight is 398 g/mol. The monoisotopic (exact) mass is 398 g/mol. The van der Waals surface area contributed by atoms with Crippen LogP contribution in [0.5, 0.6) is 11.5 Å². The van der Waals surface area contributed by atoms with Crippen LogP contribution in [0.3, 0.4) is 0 Å². The first kappa shape index (κ1) is 19.5. The molecule has 0 fully saturated rings. The summed E-state index contributed by atoms with van der Waals surface area (Å²) in [4.78, 5) is 10.8. The molecule has 1 aliphatic carbocycles. The maximum atomic E-state index is 10.8. The van der Waals surface area contributed by atoms with Gasteiger partial charge in [0.25, 0.3) is 0 Å². The number of phenolic OH excluding ortho intramolecular Hbond substituents is 2. The smallest absolute Gasteiger partial charge is 0.328 e. The summed E-state index contributed by atoms with van der Waals surface area (Å²) >= 11 is 0. The van der Waals surface area contributed by atoms with Gasteiger partial charge in [0.15, 0.2) is 0 Å². The first-order valence-corrected chi connectivity index (χ1v) is 9.87. The Labute approximate surface area is 175 Å². The SMILES string of the molecule is O=C(O)/C=C/c1ccc(C2=C(c3cccc(O)c3)CCCc3cc(O)ccc32)cc1. The predicted octanol–water partition coefficient (Wildman–Crippen LogP) is 5.49. The summed E-state index contributed by atoms with van der Waals surface area (Å²) < 4.78 is 0. The summed E-state index contributed by atoms with van der Waals surface area (Å²) in [5.41, 5.74) is 7.16. The molecule has 0 saturated heterocycles. The Kier molecular flexibility index (Phi) is 5.40. The van der Waals surface area contributed by atoms with E-state index in [1.807, 2.05) is 48.5 Å². The zero-order valence-corrected chi connectivity index (χ0v) is 16.4. The summed E-state index contributed by atoms with van der Waals surface area (Å²) in [6, 6.07) is 20.5. The first-order valence-electron chi connectivity index (χ1n) is 9.87. The van der Waals surface area contributed by atoms with Crippen LogP contribution >= 0.6 is 0 Å². The molecule has 0 spiro atoms. The highest BCUT2D eigenvalue weighted by Crippen LogP contribution is 2.41. The third kappa shape index (κ3) is 4.13. The van der Waals surface area contributed by atoms with Gasteiger partial charge in [-0.25, -0.2) is 4.79 Å². The van der Waals surface area contributed by atoms with Crippen molar-refractivity contribution in [1.82, 2.24) is 0 Å². The van der Waals surface area contributed by atoms with Crippen molar-refractivity contribution in [3.8, 4) is 11.5 Å². The molecule has 4 heteroatoms. The van der Waals surface area contributed by atoms with Crippen LogP contribution in [-0.4, -0.2) is 21.3 Å². The van der Waals surface area contributed by atoms with Crippen molar-refractivity contribution < 1.29 is 20.1 Å². The van der Waals surface area contributed by atoms with E-state index < -0.39 is 5.97 Å². The summed E-state index contributed by atoms with van der Waals surface area (Å²) in [5, 5.41) is 28.9. The molecule has 0 atom stereocenters. The highest BCUT2D eigenvalue weighted by molar-refractivity contribution is 6.00. The van der Waals surface area contributed by atoms with Crippen molar-refractivity contribution in [1.29, 1.82) is 0 Å². The molecule has 0 radical (unpaired) electrons. The molecule has 0 amide bonds. The molecule has 30 heavy (non-hydrogen) atoms. The van der Waals surface area contributed by atoms with E-state index in [1.165, 1.54) is 0 Å². The van der Waals surface area contributed by atoms with Crippen LogP contribution in [0, 0.1) is 0 Å². The largest absolute Gasteiger partial charge is 0.508 e. The average Bonchev–Trinajstić information content (AvgIpc) is 2.92. The molecule has 1 aliphatic rings. The van der Waals surface area contributed by atoms with Crippen LogP contribution in [0.25, 0.3) is 17.2 Å². The fourth-order valence-corrected chi connectivity index (χ4v) is 4.01. The van der Waals surface area contributed by atoms with Gasteiger partial charge in [-0.3, -0.25) is 0 Å². The van der Waals surface area contributed by atoms with E-state index in [0.717, 1.165) is 64.3 Å². The molecule has 0 heterocycles. The number of allylic oxidation sites excluding steroid dienone is 1. The Morgan fingerprint density at radius 1 is 0.833 bits per heavy atom. The van der Waals surface area contributed by atoms with Crippen LogP contribution in [-0.2, 0) is 11.2 Å². The van der Waals surface area contributed by atoms with E-state index in [0.29, 0.717) is 0 Å². The second-order valence-corrected chi connectivity index (χ2v) is 7.39. The molecule has 0 unspecified atom stereocenters. The second-order valence-electron chi connectivity index (χ2n) is 7.39. The normalized spacial score (nSPS) is 13.9. The first-order chi connectivity index (χ1) is 14.5. The van der Waals surface area contributed by atoms with Crippen molar-refractivity contribution in [2.45, 2.75) is 19.3 Å². The van der Waals surface area contributed by atoms with Crippen molar-refractivity contribution in [3.05, 3.63) is 101 Å². The van der Waals surface area contributed by atoms with Gasteiger partial charge < -0.3 is 15.3 Å². The molecule has 0 bridgehead atoms. The zero-order chi connectivity index (χ0) is 21.1. The predicted molar refractivity (Wildman–Crippen MR) is 118 cm³/mol. The number of phenols is 2.